The molecule has 0 aliphatic rings. The van der Waals surface area contributed by atoms with Gasteiger partial charge in [0, 0.05) is 22.0 Å². The van der Waals surface area contributed by atoms with Gasteiger partial charge < -0.3 is 14.0 Å². The number of para-hydroxylation sites is 1. The van der Waals surface area contributed by atoms with Crippen molar-refractivity contribution < 1.29 is 19.1 Å². The molecule has 0 spiro atoms. The van der Waals surface area contributed by atoms with Crippen molar-refractivity contribution in [3.8, 4) is 0 Å². The van der Waals surface area contributed by atoms with Gasteiger partial charge in [-0.1, -0.05) is 18.2 Å². The molecule has 5 nitrogen and oxygen atoms in total. The zero-order valence-electron chi connectivity index (χ0n) is 13.6. The fourth-order valence-corrected chi connectivity index (χ4v) is 3.31. The highest BCUT2D eigenvalue weighted by molar-refractivity contribution is 8.00. The molecule has 0 aliphatic carbocycles. The molecule has 1 unspecified atom stereocenters. The van der Waals surface area contributed by atoms with E-state index in [9.17, 15) is 9.59 Å². The third-order valence-electron chi connectivity index (χ3n) is 3.28. The number of nitrogens with zero attached hydrogens (tertiary/aromatic N) is 1. The molecule has 1 aromatic heterocycles. The number of esters is 2. The van der Waals surface area contributed by atoms with Crippen molar-refractivity contribution >= 4 is 34.6 Å². The van der Waals surface area contributed by atoms with Crippen LogP contribution in [0.1, 0.15) is 20.8 Å². The Morgan fingerprint density at radius 3 is 2.57 bits per heavy atom. The Bertz CT molecular complexity index is 695. The van der Waals surface area contributed by atoms with Crippen molar-refractivity contribution in [1.29, 1.82) is 0 Å². The zero-order chi connectivity index (χ0) is 16.8. The molecule has 6 heteroatoms. The van der Waals surface area contributed by atoms with Gasteiger partial charge in [-0.3, -0.25) is 9.59 Å². The number of aromatic nitrogens is 1. The van der Waals surface area contributed by atoms with Crippen LogP contribution >= 0.6 is 11.8 Å². The van der Waals surface area contributed by atoms with Crippen LogP contribution in [0.2, 0.25) is 0 Å². The summed E-state index contributed by atoms with van der Waals surface area (Å²) in [6, 6.07) is 7.80. The lowest BCUT2D eigenvalue weighted by Crippen LogP contribution is -2.16. The van der Waals surface area contributed by atoms with E-state index in [2.05, 4.69) is 0 Å². The second-order valence-corrected chi connectivity index (χ2v) is 6.34. The minimum atomic E-state index is -0.309. The smallest absolute Gasteiger partial charge is 0.325 e. The van der Waals surface area contributed by atoms with Gasteiger partial charge in [0.1, 0.15) is 11.8 Å². The molecular formula is C17H21NO4S. The van der Waals surface area contributed by atoms with Crippen LogP contribution in [0.3, 0.4) is 0 Å². The van der Waals surface area contributed by atoms with Gasteiger partial charge >= 0.3 is 11.9 Å². The summed E-state index contributed by atoms with van der Waals surface area (Å²) in [5, 5.41) is 0.703. The molecule has 2 rings (SSSR count). The first kappa shape index (κ1) is 17.4. The van der Waals surface area contributed by atoms with Crippen LogP contribution < -0.4 is 0 Å². The summed E-state index contributed by atoms with van der Waals surface area (Å²) >= 11 is 1.43. The molecule has 1 atom stereocenters. The molecule has 0 bridgehead atoms. The van der Waals surface area contributed by atoms with Crippen LogP contribution in [0.25, 0.3) is 10.9 Å². The lowest BCUT2D eigenvalue weighted by atomic mass is 10.2. The minimum absolute atomic E-state index is 0.155. The molecule has 0 fully saturated rings. The lowest BCUT2D eigenvalue weighted by Gasteiger charge is -2.09. The fraction of sp³-hybridized carbons (Fsp3) is 0.412. The fourth-order valence-electron chi connectivity index (χ4n) is 2.28. The number of ether oxygens (including phenoxy) is 2. The number of thioether (sulfide) groups is 1. The molecule has 0 radical (unpaired) electrons. The van der Waals surface area contributed by atoms with E-state index in [4.69, 9.17) is 9.47 Å². The highest BCUT2D eigenvalue weighted by Crippen LogP contribution is 2.33. The number of rotatable bonds is 7. The second kappa shape index (κ2) is 8.06. The molecule has 0 saturated heterocycles. The third kappa shape index (κ3) is 4.28. The van der Waals surface area contributed by atoms with E-state index in [0.29, 0.717) is 13.2 Å². The Kier molecular flexibility index (Phi) is 6.10. The van der Waals surface area contributed by atoms with Crippen LogP contribution in [-0.4, -0.2) is 35.0 Å². The van der Waals surface area contributed by atoms with Crippen LogP contribution in [0.15, 0.2) is 35.4 Å². The molecule has 0 saturated carbocycles. The second-order valence-electron chi connectivity index (χ2n) is 4.96. The van der Waals surface area contributed by atoms with Gasteiger partial charge in [0.05, 0.1) is 13.2 Å². The standard InChI is InChI=1S/C17H21NO4S/c1-4-21-16(19)11-18-10-15(13-8-6-7-9-14(13)18)23-12(3)17(20)22-5-2/h6-10,12H,4-5,11H2,1-3H3. The van der Waals surface area contributed by atoms with Crippen molar-refractivity contribution in [3.05, 3.63) is 30.5 Å². The number of hydrogen-bond donors (Lipinski definition) is 0. The van der Waals surface area contributed by atoms with E-state index >= 15 is 0 Å². The molecule has 1 heterocycles. The maximum atomic E-state index is 11.8. The van der Waals surface area contributed by atoms with Gasteiger partial charge in [-0.05, 0) is 26.8 Å². The van der Waals surface area contributed by atoms with E-state index in [1.807, 2.05) is 42.0 Å². The SMILES string of the molecule is CCOC(=O)Cn1cc(SC(C)C(=O)OCC)c2ccccc21. The topological polar surface area (TPSA) is 57.5 Å². The molecule has 1 aromatic carbocycles. The molecule has 0 N–H and O–H groups in total. The average molecular weight is 335 g/mol. The van der Waals surface area contributed by atoms with Crippen molar-refractivity contribution in [3.63, 3.8) is 0 Å². The van der Waals surface area contributed by atoms with Crippen molar-refractivity contribution in [2.75, 3.05) is 13.2 Å². The molecule has 124 valence electrons. The Labute approximate surface area is 139 Å². The summed E-state index contributed by atoms with van der Waals surface area (Å²) in [5.74, 6) is -0.511. The first-order valence-electron chi connectivity index (χ1n) is 7.63. The summed E-state index contributed by atoms with van der Waals surface area (Å²) in [4.78, 5) is 24.5. The number of carbonyl (C=O) groups is 2. The van der Waals surface area contributed by atoms with E-state index in [1.54, 1.807) is 13.8 Å². The van der Waals surface area contributed by atoms with Gasteiger partial charge in [-0.15, -0.1) is 11.8 Å². The minimum Gasteiger partial charge on any atom is -0.465 e. The Balaban J connectivity index is 2.26. The number of carbonyl (C=O) groups excluding carboxylic acids is 2. The van der Waals surface area contributed by atoms with Crippen LogP contribution in [-0.2, 0) is 25.6 Å². The van der Waals surface area contributed by atoms with Crippen LogP contribution in [0, 0.1) is 0 Å². The maximum absolute atomic E-state index is 11.8. The maximum Gasteiger partial charge on any atom is 0.325 e. The summed E-state index contributed by atoms with van der Waals surface area (Å²) in [6.45, 7) is 6.28. The Morgan fingerprint density at radius 2 is 1.87 bits per heavy atom. The molecule has 23 heavy (non-hydrogen) atoms. The van der Waals surface area contributed by atoms with Gasteiger partial charge in [-0.2, -0.15) is 0 Å². The highest BCUT2D eigenvalue weighted by Gasteiger charge is 2.19. The van der Waals surface area contributed by atoms with E-state index in [-0.39, 0.29) is 23.7 Å². The van der Waals surface area contributed by atoms with Crippen LogP contribution in [0.5, 0.6) is 0 Å². The molecule has 2 aromatic rings. The normalized spacial score (nSPS) is 12.1. The summed E-state index contributed by atoms with van der Waals surface area (Å²) in [5.41, 5.74) is 0.944. The van der Waals surface area contributed by atoms with Gasteiger partial charge in [-0.25, -0.2) is 0 Å². The predicted octanol–water partition coefficient (Wildman–Crippen LogP) is 3.25. The Morgan fingerprint density at radius 1 is 1.17 bits per heavy atom. The first-order chi connectivity index (χ1) is 11.1. The van der Waals surface area contributed by atoms with Crippen molar-refractivity contribution in [2.45, 2.75) is 37.5 Å². The summed E-state index contributed by atoms with van der Waals surface area (Å²) < 4.78 is 11.9. The number of hydrogen-bond acceptors (Lipinski definition) is 5. The van der Waals surface area contributed by atoms with Crippen molar-refractivity contribution in [1.82, 2.24) is 4.57 Å². The van der Waals surface area contributed by atoms with Crippen molar-refractivity contribution in [2.24, 2.45) is 0 Å². The number of benzene rings is 1. The van der Waals surface area contributed by atoms with E-state index < -0.39 is 0 Å². The Hall–Kier alpha value is -1.95. The third-order valence-corrected chi connectivity index (χ3v) is 4.40. The van der Waals surface area contributed by atoms with Gasteiger partial charge in [0.25, 0.3) is 0 Å². The van der Waals surface area contributed by atoms with Gasteiger partial charge in [0.2, 0.25) is 0 Å². The largest absolute Gasteiger partial charge is 0.465 e. The molecule has 0 aliphatic heterocycles. The first-order valence-corrected chi connectivity index (χ1v) is 8.51. The summed E-state index contributed by atoms with van der Waals surface area (Å²) in [7, 11) is 0. The van der Waals surface area contributed by atoms with Crippen LogP contribution in [0.4, 0.5) is 0 Å². The predicted molar refractivity (Wildman–Crippen MR) is 90.5 cm³/mol. The highest BCUT2D eigenvalue weighted by atomic mass is 32.2. The van der Waals surface area contributed by atoms with E-state index in [1.165, 1.54) is 11.8 Å². The quantitative estimate of drug-likeness (QED) is 0.574. The summed E-state index contributed by atoms with van der Waals surface area (Å²) in [6.07, 6.45) is 1.89. The van der Waals surface area contributed by atoms with E-state index in [0.717, 1.165) is 15.8 Å². The monoisotopic (exact) mass is 335 g/mol. The molecule has 0 amide bonds. The average Bonchev–Trinajstić information content (AvgIpc) is 2.86. The number of fused-ring (bicyclic) bond motifs is 1. The molecular weight excluding hydrogens is 314 g/mol. The zero-order valence-corrected chi connectivity index (χ0v) is 14.4. The van der Waals surface area contributed by atoms with Gasteiger partial charge in [0.15, 0.2) is 0 Å². The lowest BCUT2D eigenvalue weighted by molar-refractivity contribution is -0.144.